The van der Waals surface area contributed by atoms with E-state index in [0.29, 0.717) is 0 Å². The van der Waals surface area contributed by atoms with E-state index in [9.17, 15) is 9.18 Å². The van der Waals surface area contributed by atoms with Crippen LogP contribution in [0.25, 0.3) is 11.1 Å². The Morgan fingerprint density at radius 1 is 1.00 bits per heavy atom. The largest absolute Gasteiger partial charge is 0.481 e. The van der Waals surface area contributed by atoms with Crippen molar-refractivity contribution in [1.82, 2.24) is 0 Å². The molecule has 0 unspecified atom stereocenters. The summed E-state index contributed by atoms with van der Waals surface area (Å²) in [6.45, 7) is 1.60. The number of aliphatic carboxylic acids is 1. The van der Waals surface area contributed by atoms with Crippen molar-refractivity contribution in [1.29, 1.82) is 0 Å². The predicted octanol–water partition coefficient (Wildman–Crippen LogP) is 3.97. The van der Waals surface area contributed by atoms with Crippen molar-refractivity contribution in [3.8, 4) is 11.1 Å². The summed E-state index contributed by atoms with van der Waals surface area (Å²) >= 11 is 0. The zero-order valence-electron chi connectivity index (χ0n) is 10.1. The standard InChI is InChI=1S/C12H9F.C3H6O2/c13-12-8-6-11(7-9-12)10-4-2-1-3-5-10;1-2-3(4)5/h1-9H;2H2,1H3,(H,4,5). The van der Waals surface area contributed by atoms with Crippen LogP contribution in [0.2, 0.25) is 0 Å². The SMILES string of the molecule is CCC(=O)O.Fc1ccc(-c2ccccc2)cc1. The van der Waals surface area contributed by atoms with Gasteiger partial charge in [0, 0.05) is 6.42 Å². The smallest absolute Gasteiger partial charge is 0.303 e. The average Bonchev–Trinajstić information content (AvgIpc) is 2.41. The molecule has 18 heavy (non-hydrogen) atoms. The fourth-order valence-corrected chi connectivity index (χ4v) is 1.27. The van der Waals surface area contributed by atoms with Crippen LogP contribution in [0.3, 0.4) is 0 Å². The molecule has 0 saturated carbocycles. The Morgan fingerprint density at radius 3 is 1.89 bits per heavy atom. The van der Waals surface area contributed by atoms with Crippen molar-refractivity contribution in [2.45, 2.75) is 13.3 Å². The van der Waals surface area contributed by atoms with Gasteiger partial charge in [0.05, 0.1) is 0 Å². The number of rotatable bonds is 2. The van der Waals surface area contributed by atoms with Gasteiger partial charge < -0.3 is 5.11 Å². The molecule has 0 bridgehead atoms. The van der Waals surface area contributed by atoms with Gasteiger partial charge in [0.25, 0.3) is 0 Å². The first kappa shape index (κ1) is 13.9. The topological polar surface area (TPSA) is 37.3 Å². The van der Waals surface area contributed by atoms with Crippen LogP contribution in [-0.2, 0) is 4.79 Å². The van der Waals surface area contributed by atoms with E-state index in [1.807, 2.05) is 30.3 Å². The van der Waals surface area contributed by atoms with E-state index in [-0.39, 0.29) is 12.2 Å². The summed E-state index contributed by atoms with van der Waals surface area (Å²) < 4.78 is 12.6. The zero-order valence-corrected chi connectivity index (χ0v) is 10.1. The van der Waals surface area contributed by atoms with Gasteiger partial charge in [-0.3, -0.25) is 4.79 Å². The van der Waals surface area contributed by atoms with Gasteiger partial charge in [0.15, 0.2) is 0 Å². The van der Waals surface area contributed by atoms with Crippen LogP contribution in [0.15, 0.2) is 54.6 Å². The number of hydrogen-bond acceptors (Lipinski definition) is 1. The lowest BCUT2D eigenvalue weighted by molar-refractivity contribution is -0.136. The van der Waals surface area contributed by atoms with Crippen molar-refractivity contribution >= 4 is 5.97 Å². The second-order valence-electron chi connectivity index (χ2n) is 3.62. The van der Waals surface area contributed by atoms with Crippen molar-refractivity contribution in [2.75, 3.05) is 0 Å². The summed E-state index contributed by atoms with van der Waals surface area (Å²) in [7, 11) is 0. The van der Waals surface area contributed by atoms with Gasteiger partial charge in [-0.05, 0) is 23.3 Å². The first-order valence-electron chi connectivity index (χ1n) is 5.66. The molecule has 0 fully saturated rings. The molecule has 2 aromatic rings. The lowest BCUT2D eigenvalue weighted by Crippen LogP contribution is -1.86. The highest BCUT2D eigenvalue weighted by molar-refractivity contribution is 5.66. The molecular formula is C15H15FO2. The molecule has 0 saturated heterocycles. The molecule has 0 heterocycles. The van der Waals surface area contributed by atoms with Crippen LogP contribution in [-0.4, -0.2) is 11.1 Å². The van der Waals surface area contributed by atoms with E-state index in [1.165, 1.54) is 12.1 Å². The van der Waals surface area contributed by atoms with Crippen LogP contribution in [0.4, 0.5) is 4.39 Å². The number of halogens is 1. The molecule has 0 aromatic heterocycles. The summed E-state index contributed by atoms with van der Waals surface area (Å²) in [5.74, 6) is -0.940. The van der Waals surface area contributed by atoms with E-state index in [0.717, 1.165) is 11.1 Å². The Kier molecular flexibility index (Phi) is 5.58. The number of benzene rings is 2. The fraction of sp³-hybridized carbons (Fsp3) is 0.133. The second-order valence-corrected chi connectivity index (χ2v) is 3.62. The third-order valence-electron chi connectivity index (χ3n) is 2.25. The summed E-state index contributed by atoms with van der Waals surface area (Å²) in [6, 6.07) is 16.4. The van der Waals surface area contributed by atoms with E-state index < -0.39 is 5.97 Å². The molecule has 2 nitrogen and oxygen atoms in total. The van der Waals surface area contributed by atoms with E-state index >= 15 is 0 Å². The van der Waals surface area contributed by atoms with Crippen LogP contribution < -0.4 is 0 Å². The lowest BCUT2D eigenvalue weighted by atomic mass is 10.1. The highest BCUT2D eigenvalue weighted by Crippen LogP contribution is 2.18. The molecule has 0 amide bonds. The van der Waals surface area contributed by atoms with E-state index in [2.05, 4.69) is 0 Å². The third-order valence-corrected chi connectivity index (χ3v) is 2.25. The van der Waals surface area contributed by atoms with Crippen LogP contribution in [0.5, 0.6) is 0 Å². The van der Waals surface area contributed by atoms with E-state index in [4.69, 9.17) is 5.11 Å². The van der Waals surface area contributed by atoms with Gasteiger partial charge in [-0.15, -0.1) is 0 Å². The monoisotopic (exact) mass is 246 g/mol. The van der Waals surface area contributed by atoms with Crippen molar-refractivity contribution in [2.24, 2.45) is 0 Å². The zero-order chi connectivity index (χ0) is 13.4. The quantitative estimate of drug-likeness (QED) is 0.870. The predicted molar refractivity (Wildman–Crippen MR) is 69.8 cm³/mol. The number of hydrogen-bond donors (Lipinski definition) is 1. The maximum Gasteiger partial charge on any atom is 0.303 e. The van der Waals surface area contributed by atoms with Gasteiger partial charge in [0.2, 0.25) is 0 Å². The Bertz CT molecular complexity index is 478. The number of carboxylic acids is 1. The molecule has 1 N–H and O–H groups in total. The molecule has 0 radical (unpaired) electrons. The summed E-state index contributed by atoms with van der Waals surface area (Å²) in [5.41, 5.74) is 2.16. The van der Waals surface area contributed by atoms with Gasteiger partial charge in [-0.1, -0.05) is 49.4 Å². The highest BCUT2D eigenvalue weighted by Gasteiger charge is 1.95. The van der Waals surface area contributed by atoms with Crippen molar-refractivity contribution < 1.29 is 14.3 Å². The van der Waals surface area contributed by atoms with Gasteiger partial charge in [0.1, 0.15) is 5.82 Å². The van der Waals surface area contributed by atoms with Crippen molar-refractivity contribution in [3.63, 3.8) is 0 Å². The normalized spacial score (nSPS) is 9.22. The minimum atomic E-state index is -0.745. The molecule has 2 aromatic carbocycles. The van der Waals surface area contributed by atoms with Crippen molar-refractivity contribution in [3.05, 3.63) is 60.4 Å². The van der Waals surface area contributed by atoms with Gasteiger partial charge >= 0.3 is 5.97 Å². The Labute approximate surface area is 106 Å². The Morgan fingerprint density at radius 2 is 1.44 bits per heavy atom. The summed E-state index contributed by atoms with van der Waals surface area (Å²) in [5, 5.41) is 7.72. The summed E-state index contributed by atoms with van der Waals surface area (Å²) in [4.78, 5) is 9.37. The van der Waals surface area contributed by atoms with Gasteiger partial charge in [-0.2, -0.15) is 0 Å². The molecule has 0 atom stereocenters. The molecule has 94 valence electrons. The number of carboxylic acid groups (broad SMARTS) is 1. The molecule has 0 spiro atoms. The van der Waals surface area contributed by atoms with Gasteiger partial charge in [-0.25, -0.2) is 4.39 Å². The first-order chi connectivity index (χ1) is 8.63. The Hall–Kier alpha value is -2.16. The maximum atomic E-state index is 12.6. The number of carbonyl (C=O) groups is 1. The molecule has 0 aliphatic carbocycles. The molecule has 0 aliphatic rings. The highest BCUT2D eigenvalue weighted by atomic mass is 19.1. The maximum absolute atomic E-state index is 12.6. The second kappa shape index (κ2) is 7.22. The Balaban J connectivity index is 0.000000280. The fourth-order valence-electron chi connectivity index (χ4n) is 1.27. The van der Waals surface area contributed by atoms with E-state index in [1.54, 1.807) is 19.1 Å². The minimum absolute atomic E-state index is 0.195. The lowest BCUT2D eigenvalue weighted by Gasteiger charge is -1.99. The average molecular weight is 246 g/mol. The van der Waals surface area contributed by atoms with Crippen LogP contribution >= 0.6 is 0 Å². The molecule has 2 rings (SSSR count). The molecule has 3 heteroatoms. The molecule has 0 aliphatic heterocycles. The summed E-state index contributed by atoms with van der Waals surface area (Å²) in [6.07, 6.45) is 0.222. The molecular weight excluding hydrogens is 231 g/mol. The van der Waals surface area contributed by atoms with Crippen LogP contribution in [0, 0.1) is 5.82 Å². The third kappa shape index (κ3) is 4.78. The first-order valence-corrected chi connectivity index (χ1v) is 5.66. The van der Waals surface area contributed by atoms with Crippen LogP contribution in [0.1, 0.15) is 13.3 Å². The minimum Gasteiger partial charge on any atom is -0.481 e.